The Hall–Kier alpha value is -3.66. The maximum Gasteiger partial charge on any atom is 0.283 e. The lowest BCUT2D eigenvalue weighted by molar-refractivity contribution is -0.114. The molecule has 0 aliphatic carbocycles. The minimum Gasteiger partial charge on any atom is -0.465 e. The van der Waals surface area contributed by atoms with Crippen molar-refractivity contribution in [2.45, 2.75) is 0 Å². The predicted octanol–water partition coefficient (Wildman–Crippen LogP) is 6.17. The van der Waals surface area contributed by atoms with Gasteiger partial charge in [0.2, 0.25) is 5.91 Å². The van der Waals surface area contributed by atoms with E-state index in [1.165, 1.54) is 34.3 Å². The fourth-order valence-electron chi connectivity index (χ4n) is 3.28. The number of amides is 2. The fraction of sp³-hybridized carbons (Fsp3) is 0.0400. The number of aliphatic imine (C=N–C) groups is 1. The van der Waals surface area contributed by atoms with E-state index in [1.807, 2.05) is 47.8 Å². The van der Waals surface area contributed by atoms with Crippen LogP contribution in [-0.2, 0) is 9.59 Å². The van der Waals surface area contributed by atoms with Crippen LogP contribution in [-0.4, -0.2) is 27.7 Å². The maximum atomic E-state index is 13.1. The number of nitrogens with one attached hydrogen (secondary N) is 1. The van der Waals surface area contributed by atoms with Crippen LogP contribution in [0, 0.1) is 0 Å². The first-order valence-electron chi connectivity index (χ1n) is 10.4. The molecule has 0 fully saturated rings. The third-order valence-corrected chi connectivity index (χ3v) is 6.84. The van der Waals surface area contributed by atoms with Crippen LogP contribution in [0.3, 0.4) is 0 Å². The van der Waals surface area contributed by atoms with Crippen LogP contribution in [0.25, 0.3) is 17.3 Å². The van der Waals surface area contributed by atoms with Gasteiger partial charge in [0.05, 0.1) is 23.4 Å². The Morgan fingerprint density at radius 3 is 2.66 bits per heavy atom. The molecule has 2 aromatic carbocycles. The number of carbonyl (C=O) groups is 2. The molecule has 35 heavy (non-hydrogen) atoms. The number of nitrogens with zero attached hydrogens (tertiary/aromatic N) is 3. The van der Waals surface area contributed by atoms with E-state index in [4.69, 9.17) is 16.0 Å². The maximum absolute atomic E-state index is 13.1. The minimum atomic E-state index is -0.289. The van der Waals surface area contributed by atoms with Crippen molar-refractivity contribution in [3.05, 3.63) is 94.9 Å². The Morgan fingerprint density at radius 2 is 1.91 bits per heavy atom. The van der Waals surface area contributed by atoms with Crippen molar-refractivity contribution in [3.8, 4) is 11.3 Å². The molecule has 1 aliphatic heterocycles. The molecule has 2 amide bonds. The monoisotopic (exact) mass is 520 g/mol. The number of thioether (sulfide) groups is 1. The summed E-state index contributed by atoms with van der Waals surface area (Å²) in [6.45, 7) is 0. The van der Waals surface area contributed by atoms with Gasteiger partial charge in [0.25, 0.3) is 5.91 Å². The largest absolute Gasteiger partial charge is 0.465 e. The average molecular weight is 521 g/mol. The number of hydrogen-bond donors (Lipinski definition) is 1. The molecule has 0 saturated carbocycles. The van der Waals surface area contributed by atoms with Crippen molar-refractivity contribution in [2.24, 2.45) is 4.99 Å². The summed E-state index contributed by atoms with van der Waals surface area (Å²) in [5.74, 6) is 0.0373. The molecule has 1 N–H and O–H groups in total. The molecule has 0 unspecified atom stereocenters. The highest BCUT2D eigenvalue weighted by molar-refractivity contribution is 8.14. The van der Waals surface area contributed by atoms with Crippen molar-refractivity contribution in [2.75, 3.05) is 16.0 Å². The second-order valence-corrected chi connectivity index (χ2v) is 9.53. The van der Waals surface area contributed by atoms with E-state index in [-0.39, 0.29) is 23.3 Å². The Morgan fingerprint density at radius 1 is 1.11 bits per heavy atom. The zero-order valence-corrected chi connectivity index (χ0v) is 20.4. The lowest BCUT2D eigenvalue weighted by Gasteiger charge is -2.17. The highest BCUT2D eigenvalue weighted by Gasteiger charge is 2.32. The molecular formula is C25H17ClN4O3S2. The van der Waals surface area contributed by atoms with Gasteiger partial charge in [-0.1, -0.05) is 53.7 Å². The second kappa shape index (κ2) is 10.3. The Kier molecular flexibility index (Phi) is 6.80. The van der Waals surface area contributed by atoms with E-state index < -0.39 is 0 Å². The van der Waals surface area contributed by atoms with E-state index in [2.05, 4.69) is 15.3 Å². The Balaban J connectivity index is 1.29. The van der Waals surface area contributed by atoms with Gasteiger partial charge in [-0.25, -0.2) is 9.98 Å². The number of halogens is 1. The summed E-state index contributed by atoms with van der Waals surface area (Å²) in [5.41, 5.74) is 2.57. The standard InChI is InChI=1S/C25H17ClN4O3S2/c26-17-10-8-16(9-11-17)21-14-34-24(27-21)29-22(31)15-35-25-28-20(13-19-7-4-12-33-19)23(32)30(25)18-5-2-1-3-6-18/h1-14H,15H2,(H,27,29,31)/b20-13+. The number of rotatable bonds is 6. The summed E-state index contributed by atoms with van der Waals surface area (Å²) in [6, 6.07) is 20.0. The van der Waals surface area contributed by atoms with Crippen LogP contribution >= 0.6 is 34.7 Å². The average Bonchev–Trinajstić information content (AvgIpc) is 3.61. The Bertz CT molecular complexity index is 1410. The van der Waals surface area contributed by atoms with Crippen LogP contribution < -0.4 is 10.2 Å². The number of aromatic nitrogens is 1. The number of para-hydroxylation sites is 1. The molecule has 5 rings (SSSR count). The number of benzene rings is 2. The molecule has 0 saturated heterocycles. The number of anilines is 2. The van der Waals surface area contributed by atoms with Gasteiger partial charge >= 0.3 is 0 Å². The van der Waals surface area contributed by atoms with E-state index in [0.29, 0.717) is 26.8 Å². The smallest absolute Gasteiger partial charge is 0.283 e. The quantitative estimate of drug-likeness (QED) is 0.307. The highest BCUT2D eigenvalue weighted by Crippen LogP contribution is 2.30. The van der Waals surface area contributed by atoms with E-state index in [0.717, 1.165) is 11.3 Å². The first kappa shape index (κ1) is 23.1. The van der Waals surface area contributed by atoms with Crippen molar-refractivity contribution in [3.63, 3.8) is 0 Å². The van der Waals surface area contributed by atoms with Crippen LogP contribution in [0.2, 0.25) is 5.02 Å². The molecule has 10 heteroatoms. The van der Waals surface area contributed by atoms with Crippen molar-refractivity contribution in [1.29, 1.82) is 0 Å². The summed E-state index contributed by atoms with van der Waals surface area (Å²) < 4.78 is 5.32. The number of thiazole rings is 1. The molecule has 3 heterocycles. The molecule has 0 atom stereocenters. The molecule has 4 aromatic rings. The summed E-state index contributed by atoms with van der Waals surface area (Å²) in [4.78, 5) is 36.2. The third-order valence-electron chi connectivity index (χ3n) is 4.89. The van der Waals surface area contributed by atoms with Crippen molar-refractivity contribution < 1.29 is 14.0 Å². The van der Waals surface area contributed by atoms with Gasteiger partial charge < -0.3 is 9.73 Å². The van der Waals surface area contributed by atoms with Gasteiger partial charge in [-0.2, -0.15) is 0 Å². The normalized spacial score (nSPS) is 14.4. The first-order valence-corrected chi connectivity index (χ1v) is 12.7. The summed E-state index contributed by atoms with van der Waals surface area (Å²) in [6.07, 6.45) is 3.11. The number of amidine groups is 1. The minimum absolute atomic E-state index is 0.0549. The topological polar surface area (TPSA) is 87.8 Å². The molecule has 2 aromatic heterocycles. The zero-order chi connectivity index (χ0) is 24.2. The zero-order valence-electron chi connectivity index (χ0n) is 18.1. The van der Waals surface area contributed by atoms with Gasteiger partial charge in [0.15, 0.2) is 10.3 Å². The van der Waals surface area contributed by atoms with Crippen LogP contribution in [0.5, 0.6) is 0 Å². The molecule has 0 radical (unpaired) electrons. The van der Waals surface area contributed by atoms with Gasteiger partial charge in [-0.3, -0.25) is 14.5 Å². The molecule has 0 spiro atoms. The number of furan rings is 1. The van der Waals surface area contributed by atoms with E-state index in [1.54, 1.807) is 30.3 Å². The lowest BCUT2D eigenvalue weighted by Crippen LogP contribution is -2.31. The Labute approximate surface area is 214 Å². The molecule has 0 bridgehead atoms. The van der Waals surface area contributed by atoms with Crippen LogP contribution in [0.1, 0.15) is 5.76 Å². The number of hydrogen-bond acceptors (Lipinski definition) is 7. The number of carbonyl (C=O) groups excluding carboxylic acids is 2. The van der Waals surface area contributed by atoms with Crippen LogP contribution in [0.15, 0.2) is 93.5 Å². The van der Waals surface area contributed by atoms with Gasteiger partial charge in [-0.05, 0) is 36.4 Å². The third kappa shape index (κ3) is 5.37. The van der Waals surface area contributed by atoms with Crippen molar-refractivity contribution >= 4 is 68.6 Å². The molecule has 7 nitrogen and oxygen atoms in total. The summed E-state index contributed by atoms with van der Waals surface area (Å²) in [7, 11) is 0. The lowest BCUT2D eigenvalue weighted by atomic mass is 10.2. The molecular weight excluding hydrogens is 504 g/mol. The van der Waals surface area contributed by atoms with Gasteiger partial charge in [-0.15, -0.1) is 11.3 Å². The van der Waals surface area contributed by atoms with Gasteiger partial charge in [0.1, 0.15) is 11.5 Å². The van der Waals surface area contributed by atoms with E-state index in [9.17, 15) is 9.59 Å². The van der Waals surface area contributed by atoms with Crippen molar-refractivity contribution in [1.82, 2.24) is 4.98 Å². The molecule has 174 valence electrons. The molecule has 1 aliphatic rings. The summed E-state index contributed by atoms with van der Waals surface area (Å²) in [5, 5.41) is 6.23. The van der Waals surface area contributed by atoms with E-state index >= 15 is 0 Å². The highest BCUT2D eigenvalue weighted by atomic mass is 35.5. The fourth-order valence-corrected chi connectivity index (χ4v) is 4.95. The SMILES string of the molecule is O=C(CSC1=N/C(=C/c2ccco2)C(=O)N1c1ccccc1)Nc1nc(-c2ccc(Cl)cc2)cs1. The first-order chi connectivity index (χ1) is 17.1. The summed E-state index contributed by atoms with van der Waals surface area (Å²) >= 11 is 8.45. The predicted molar refractivity (Wildman–Crippen MR) is 142 cm³/mol. The van der Waals surface area contributed by atoms with Crippen LogP contribution in [0.4, 0.5) is 10.8 Å². The second-order valence-electron chi connectivity index (χ2n) is 7.30. The van der Waals surface area contributed by atoms with Gasteiger partial charge in [0, 0.05) is 22.0 Å².